The van der Waals surface area contributed by atoms with Crippen LogP contribution in [0.3, 0.4) is 0 Å². The fourth-order valence-corrected chi connectivity index (χ4v) is 3.48. The van der Waals surface area contributed by atoms with E-state index in [1.807, 2.05) is 18.2 Å². The molecular formula is C24H20N2O5. The molecule has 4 rings (SSSR count). The van der Waals surface area contributed by atoms with Gasteiger partial charge in [0.15, 0.2) is 5.76 Å². The van der Waals surface area contributed by atoms with Crippen LogP contribution in [0.2, 0.25) is 0 Å². The van der Waals surface area contributed by atoms with Crippen LogP contribution < -0.4 is 0 Å². The summed E-state index contributed by atoms with van der Waals surface area (Å²) in [6.45, 7) is 2.16. The first-order chi connectivity index (χ1) is 15.0. The molecule has 7 heteroatoms. The van der Waals surface area contributed by atoms with E-state index in [4.69, 9.17) is 4.42 Å². The molecule has 156 valence electrons. The average Bonchev–Trinajstić information content (AvgIpc) is 3.27. The number of aromatic nitrogens is 1. The number of unbranched alkanes of at least 4 members (excludes halogenated alkanes) is 1. The third kappa shape index (κ3) is 4.16. The zero-order chi connectivity index (χ0) is 22.0. The summed E-state index contributed by atoms with van der Waals surface area (Å²) in [6, 6.07) is 17.1. The zero-order valence-electron chi connectivity index (χ0n) is 16.9. The van der Waals surface area contributed by atoms with Crippen molar-refractivity contribution in [2.45, 2.75) is 26.2 Å². The highest BCUT2D eigenvalue weighted by Crippen LogP contribution is 2.31. The summed E-state index contributed by atoms with van der Waals surface area (Å²) in [5, 5.41) is 20.9. The molecule has 0 saturated carbocycles. The SMILES string of the molecule is CCCCc1ccc(-c2ccc(-c3cc(C(=O)O)c4cc([N+](=O)[O-])ccc4n3)o2)cc1. The molecule has 0 unspecified atom stereocenters. The Kier molecular flexibility index (Phi) is 5.49. The Morgan fingerprint density at radius 2 is 1.81 bits per heavy atom. The van der Waals surface area contributed by atoms with E-state index in [1.54, 1.807) is 6.07 Å². The van der Waals surface area contributed by atoms with Crippen molar-refractivity contribution in [3.05, 3.63) is 81.9 Å². The van der Waals surface area contributed by atoms with Crippen molar-refractivity contribution in [3.8, 4) is 22.8 Å². The van der Waals surface area contributed by atoms with Crippen LogP contribution >= 0.6 is 0 Å². The number of benzene rings is 2. The van der Waals surface area contributed by atoms with E-state index in [9.17, 15) is 20.0 Å². The van der Waals surface area contributed by atoms with Gasteiger partial charge in [0.25, 0.3) is 5.69 Å². The van der Waals surface area contributed by atoms with Crippen molar-refractivity contribution in [2.24, 2.45) is 0 Å². The highest BCUT2D eigenvalue weighted by molar-refractivity contribution is 6.04. The Morgan fingerprint density at radius 1 is 1.06 bits per heavy atom. The number of hydrogen-bond donors (Lipinski definition) is 1. The Bertz CT molecular complexity index is 1280. The number of fused-ring (bicyclic) bond motifs is 1. The molecule has 0 bridgehead atoms. The van der Waals surface area contributed by atoms with Crippen LogP contribution in [0, 0.1) is 10.1 Å². The normalized spacial score (nSPS) is 11.0. The molecule has 2 aromatic carbocycles. The molecule has 0 amide bonds. The molecule has 0 aliphatic heterocycles. The van der Waals surface area contributed by atoms with E-state index in [2.05, 4.69) is 24.0 Å². The molecule has 0 aliphatic carbocycles. The van der Waals surface area contributed by atoms with Gasteiger partial charge in [0.2, 0.25) is 0 Å². The van der Waals surface area contributed by atoms with Crippen molar-refractivity contribution >= 4 is 22.6 Å². The fraction of sp³-hybridized carbons (Fsp3) is 0.167. The largest absolute Gasteiger partial charge is 0.478 e. The third-order valence-corrected chi connectivity index (χ3v) is 5.15. The maximum Gasteiger partial charge on any atom is 0.336 e. The predicted octanol–water partition coefficient (Wildman–Crippen LogP) is 6.11. The molecule has 2 heterocycles. The molecule has 0 saturated heterocycles. The van der Waals surface area contributed by atoms with E-state index in [0.29, 0.717) is 22.7 Å². The van der Waals surface area contributed by atoms with Crippen LogP contribution in [0.4, 0.5) is 5.69 Å². The van der Waals surface area contributed by atoms with Crippen molar-refractivity contribution in [2.75, 3.05) is 0 Å². The van der Waals surface area contributed by atoms with Crippen LogP contribution in [0.5, 0.6) is 0 Å². The summed E-state index contributed by atoms with van der Waals surface area (Å²) in [5.41, 5.74) is 2.63. The minimum absolute atomic E-state index is 0.0677. The minimum atomic E-state index is -1.19. The highest BCUT2D eigenvalue weighted by atomic mass is 16.6. The van der Waals surface area contributed by atoms with E-state index >= 15 is 0 Å². The van der Waals surface area contributed by atoms with Gasteiger partial charge in [-0.15, -0.1) is 0 Å². The van der Waals surface area contributed by atoms with Crippen molar-refractivity contribution in [3.63, 3.8) is 0 Å². The molecule has 0 atom stereocenters. The number of nitro benzene ring substituents is 1. The van der Waals surface area contributed by atoms with Gasteiger partial charge >= 0.3 is 5.97 Å². The Balaban J connectivity index is 1.71. The number of rotatable bonds is 7. The number of hydrogen-bond acceptors (Lipinski definition) is 5. The van der Waals surface area contributed by atoms with Gasteiger partial charge in [0.1, 0.15) is 11.5 Å². The molecule has 0 aliphatic rings. The topological polar surface area (TPSA) is 106 Å². The van der Waals surface area contributed by atoms with E-state index in [-0.39, 0.29) is 16.6 Å². The molecule has 1 N–H and O–H groups in total. The maximum atomic E-state index is 11.8. The summed E-state index contributed by atoms with van der Waals surface area (Å²) in [5.74, 6) is -0.115. The molecule has 31 heavy (non-hydrogen) atoms. The van der Waals surface area contributed by atoms with Crippen LogP contribution in [0.25, 0.3) is 33.7 Å². The highest BCUT2D eigenvalue weighted by Gasteiger charge is 2.18. The lowest BCUT2D eigenvalue weighted by atomic mass is 10.1. The Hall–Kier alpha value is -4.00. The number of pyridine rings is 1. The molecular weight excluding hydrogens is 396 g/mol. The number of furan rings is 1. The van der Waals surface area contributed by atoms with Gasteiger partial charge in [0.05, 0.1) is 16.0 Å². The standard InChI is InChI=1S/C24H20N2O5/c1-2-3-4-15-5-7-16(8-6-15)22-11-12-23(31-22)21-14-19(24(27)28)18-13-17(26(29)30)9-10-20(18)25-21/h5-14H,2-4H2,1H3,(H,27,28). The average molecular weight is 416 g/mol. The van der Waals surface area contributed by atoms with Crippen LogP contribution in [0.1, 0.15) is 35.7 Å². The Morgan fingerprint density at radius 3 is 2.48 bits per heavy atom. The number of nitrogens with zero attached hydrogens (tertiary/aromatic N) is 2. The summed E-state index contributed by atoms with van der Waals surface area (Å²) in [4.78, 5) is 26.7. The number of nitro groups is 1. The van der Waals surface area contributed by atoms with Gasteiger partial charge in [-0.05, 0) is 42.7 Å². The van der Waals surface area contributed by atoms with Crippen molar-refractivity contribution in [1.82, 2.24) is 4.98 Å². The first-order valence-electron chi connectivity index (χ1n) is 9.98. The quantitative estimate of drug-likeness (QED) is 0.288. The minimum Gasteiger partial charge on any atom is -0.478 e. The van der Waals surface area contributed by atoms with E-state index < -0.39 is 10.9 Å². The lowest BCUT2D eigenvalue weighted by molar-refractivity contribution is -0.384. The number of non-ortho nitro benzene ring substituents is 1. The summed E-state index contributed by atoms with van der Waals surface area (Å²) in [7, 11) is 0. The molecule has 0 spiro atoms. The fourth-order valence-electron chi connectivity index (χ4n) is 3.48. The van der Waals surface area contributed by atoms with E-state index in [1.165, 1.54) is 29.8 Å². The number of aryl methyl sites for hydroxylation is 1. The predicted molar refractivity (Wildman–Crippen MR) is 117 cm³/mol. The lowest BCUT2D eigenvalue weighted by Crippen LogP contribution is -2.01. The lowest BCUT2D eigenvalue weighted by Gasteiger charge is -2.06. The zero-order valence-corrected chi connectivity index (χ0v) is 16.9. The molecule has 0 fully saturated rings. The summed E-state index contributed by atoms with van der Waals surface area (Å²) < 4.78 is 5.96. The number of carboxylic acids is 1. The molecule has 0 radical (unpaired) electrons. The first kappa shape index (κ1) is 20.3. The van der Waals surface area contributed by atoms with Gasteiger partial charge < -0.3 is 9.52 Å². The van der Waals surface area contributed by atoms with Gasteiger partial charge in [-0.3, -0.25) is 10.1 Å². The molecule has 2 aromatic heterocycles. The second-order valence-corrected chi connectivity index (χ2v) is 7.28. The van der Waals surface area contributed by atoms with Crippen molar-refractivity contribution < 1.29 is 19.2 Å². The van der Waals surface area contributed by atoms with Gasteiger partial charge in [-0.2, -0.15) is 0 Å². The Labute approximate surface area is 178 Å². The maximum absolute atomic E-state index is 11.8. The summed E-state index contributed by atoms with van der Waals surface area (Å²) >= 11 is 0. The summed E-state index contributed by atoms with van der Waals surface area (Å²) in [6.07, 6.45) is 3.33. The molecule has 4 aromatic rings. The second kappa shape index (κ2) is 8.39. The first-order valence-corrected chi connectivity index (χ1v) is 9.98. The second-order valence-electron chi connectivity index (χ2n) is 7.28. The number of carbonyl (C=O) groups is 1. The van der Waals surface area contributed by atoms with Crippen LogP contribution in [-0.2, 0) is 6.42 Å². The van der Waals surface area contributed by atoms with Crippen molar-refractivity contribution in [1.29, 1.82) is 0 Å². The number of carboxylic acid groups (broad SMARTS) is 1. The monoisotopic (exact) mass is 416 g/mol. The molecule has 7 nitrogen and oxygen atoms in total. The van der Waals surface area contributed by atoms with Crippen LogP contribution in [-0.4, -0.2) is 21.0 Å². The van der Waals surface area contributed by atoms with Crippen LogP contribution in [0.15, 0.2) is 65.1 Å². The van der Waals surface area contributed by atoms with E-state index in [0.717, 1.165) is 24.8 Å². The third-order valence-electron chi connectivity index (χ3n) is 5.15. The smallest absolute Gasteiger partial charge is 0.336 e. The van der Waals surface area contributed by atoms with Gasteiger partial charge in [0, 0.05) is 23.1 Å². The van der Waals surface area contributed by atoms with Gasteiger partial charge in [-0.25, -0.2) is 9.78 Å². The number of aromatic carboxylic acids is 1. The van der Waals surface area contributed by atoms with Gasteiger partial charge in [-0.1, -0.05) is 37.6 Å².